The van der Waals surface area contributed by atoms with Crippen molar-refractivity contribution >= 4 is 11.8 Å². The van der Waals surface area contributed by atoms with E-state index in [-0.39, 0.29) is 35.6 Å². The fourth-order valence-electron chi connectivity index (χ4n) is 4.98. The Morgan fingerprint density at radius 2 is 2.10 bits per heavy atom. The number of aromatic nitrogens is 2. The number of carbonyl (C=O) groups excluding carboxylic acids is 2. The molecule has 30 heavy (non-hydrogen) atoms. The number of amides is 2. The van der Waals surface area contributed by atoms with E-state index in [2.05, 4.69) is 10.3 Å². The Hall–Kier alpha value is -3.30. The number of nitrogens with zero attached hydrogens (tertiary/aromatic N) is 3. The van der Waals surface area contributed by atoms with Crippen LogP contribution in [0.25, 0.3) is 0 Å². The molecule has 2 bridgehead atoms. The third-order valence-corrected chi connectivity index (χ3v) is 6.36. The third-order valence-electron chi connectivity index (χ3n) is 6.36. The van der Waals surface area contributed by atoms with Crippen LogP contribution in [0.3, 0.4) is 0 Å². The van der Waals surface area contributed by atoms with Crippen molar-refractivity contribution in [3.63, 3.8) is 0 Å². The number of carbonyl (C=O) groups is 2. The van der Waals surface area contributed by atoms with Gasteiger partial charge in [-0.05, 0) is 25.2 Å². The Kier molecular flexibility index (Phi) is 4.12. The molecule has 2 amide bonds. The first-order valence-corrected chi connectivity index (χ1v) is 9.72. The summed E-state index contributed by atoms with van der Waals surface area (Å²) in [6.07, 6.45) is 4.95. The van der Waals surface area contributed by atoms with Gasteiger partial charge in [-0.1, -0.05) is 0 Å². The molecule has 0 aromatic carbocycles. The minimum absolute atomic E-state index is 0.0147. The summed E-state index contributed by atoms with van der Waals surface area (Å²) in [5.41, 5.74) is -1.63. The number of aromatic hydroxyl groups is 1. The van der Waals surface area contributed by atoms with Crippen molar-refractivity contribution in [2.75, 3.05) is 0 Å². The maximum absolute atomic E-state index is 13.7. The molecular weight excluding hydrogens is 398 g/mol. The maximum Gasteiger partial charge on any atom is 0.275 e. The van der Waals surface area contributed by atoms with Gasteiger partial charge in [-0.3, -0.25) is 19.4 Å². The summed E-state index contributed by atoms with van der Waals surface area (Å²) in [7, 11) is 0. The van der Waals surface area contributed by atoms with Crippen molar-refractivity contribution < 1.29 is 23.5 Å². The Bertz CT molecular complexity index is 1150. The van der Waals surface area contributed by atoms with Crippen molar-refractivity contribution in [2.45, 2.75) is 44.4 Å². The van der Waals surface area contributed by atoms with Crippen molar-refractivity contribution in [3.05, 3.63) is 57.3 Å². The Morgan fingerprint density at radius 3 is 2.87 bits per heavy atom. The highest BCUT2D eigenvalue weighted by atomic mass is 19.1. The molecular formula is C20H18F2N4O4. The van der Waals surface area contributed by atoms with E-state index in [1.807, 2.05) is 0 Å². The minimum atomic E-state index is -0.970. The molecule has 2 aromatic rings. The van der Waals surface area contributed by atoms with E-state index < -0.39 is 34.6 Å². The topological polar surface area (TPSA) is 105 Å². The van der Waals surface area contributed by atoms with Gasteiger partial charge in [0, 0.05) is 24.8 Å². The number of fused-ring (bicyclic) bond motifs is 6. The van der Waals surface area contributed by atoms with Gasteiger partial charge >= 0.3 is 0 Å². The Labute approximate surface area is 169 Å². The molecule has 3 unspecified atom stereocenters. The standard InChI is InChI=1S/C20H18F2N4O4/c21-10-4-13(22)14(23-5-10)6-24-19(29)12-7-25-8-15-9-1-2-11(3-9)26(15)20(30)16(25)18(28)17(12)27/h4-5,7,9,11,15,28H,1-3,6,8H2,(H,24,29). The molecule has 0 radical (unpaired) electrons. The largest absolute Gasteiger partial charge is 0.503 e. The van der Waals surface area contributed by atoms with E-state index in [1.54, 1.807) is 4.90 Å². The first-order valence-electron chi connectivity index (χ1n) is 9.72. The molecule has 5 rings (SSSR count). The SMILES string of the molecule is O=C(NCc1ncc(F)cc1F)c1cn2c(c(O)c1=O)C(=O)N1C3CCC(C3)C1C2. The number of piperidine rings is 1. The van der Waals surface area contributed by atoms with Gasteiger partial charge in [0.1, 0.15) is 17.2 Å². The summed E-state index contributed by atoms with van der Waals surface area (Å²) in [4.78, 5) is 43.4. The van der Waals surface area contributed by atoms with Crippen LogP contribution in [0.4, 0.5) is 8.78 Å². The summed E-state index contributed by atoms with van der Waals surface area (Å²) in [6, 6.07) is 0.761. The van der Waals surface area contributed by atoms with Crippen LogP contribution in [-0.2, 0) is 13.1 Å². The third kappa shape index (κ3) is 2.70. The highest BCUT2D eigenvalue weighted by Gasteiger charge is 2.51. The minimum Gasteiger partial charge on any atom is -0.503 e. The molecule has 1 saturated heterocycles. The normalized spacial score (nSPS) is 24.0. The molecule has 0 spiro atoms. The van der Waals surface area contributed by atoms with Crippen LogP contribution in [0.15, 0.2) is 23.3 Å². The Balaban J connectivity index is 1.44. The van der Waals surface area contributed by atoms with Crippen molar-refractivity contribution in [2.24, 2.45) is 5.92 Å². The average Bonchev–Trinajstić information content (AvgIpc) is 3.32. The van der Waals surface area contributed by atoms with Crippen LogP contribution >= 0.6 is 0 Å². The maximum atomic E-state index is 13.7. The average molecular weight is 416 g/mol. The highest BCUT2D eigenvalue weighted by Crippen LogP contribution is 2.45. The molecule has 4 heterocycles. The Morgan fingerprint density at radius 1 is 1.30 bits per heavy atom. The molecule has 2 N–H and O–H groups in total. The van der Waals surface area contributed by atoms with Gasteiger partial charge in [0.15, 0.2) is 11.4 Å². The van der Waals surface area contributed by atoms with Gasteiger partial charge in [-0.25, -0.2) is 8.78 Å². The molecule has 3 aliphatic rings. The number of halogens is 2. The lowest BCUT2D eigenvalue weighted by Gasteiger charge is -2.40. The van der Waals surface area contributed by atoms with Gasteiger partial charge in [0.2, 0.25) is 5.43 Å². The molecule has 1 saturated carbocycles. The number of hydrogen-bond acceptors (Lipinski definition) is 5. The first-order chi connectivity index (χ1) is 14.3. The van der Waals surface area contributed by atoms with Crippen LogP contribution in [0.1, 0.15) is 45.8 Å². The summed E-state index contributed by atoms with van der Waals surface area (Å²) < 4.78 is 28.1. The lowest BCUT2D eigenvalue weighted by molar-refractivity contribution is 0.0482. The lowest BCUT2D eigenvalue weighted by Crippen LogP contribution is -2.52. The number of hydrogen-bond donors (Lipinski definition) is 2. The van der Waals surface area contributed by atoms with Gasteiger partial charge in [0.05, 0.1) is 24.5 Å². The summed E-state index contributed by atoms with van der Waals surface area (Å²) >= 11 is 0. The predicted molar refractivity (Wildman–Crippen MR) is 98.8 cm³/mol. The summed E-state index contributed by atoms with van der Waals surface area (Å²) in [5.74, 6) is -3.41. The summed E-state index contributed by atoms with van der Waals surface area (Å²) in [5, 5.41) is 12.8. The molecule has 156 valence electrons. The first kappa shape index (κ1) is 18.7. The van der Waals surface area contributed by atoms with Crippen LogP contribution in [0.5, 0.6) is 5.75 Å². The molecule has 8 nitrogen and oxygen atoms in total. The lowest BCUT2D eigenvalue weighted by atomic mass is 9.95. The number of nitrogens with one attached hydrogen (secondary N) is 1. The quantitative estimate of drug-likeness (QED) is 0.782. The zero-order valence-electron chi connectivity index (χ0n) is 15.8. The molecule has 1 aliphatic carbocycles. The van der Waals surface area contributed by atoms with Crippen LogP contribution in [0, 0.1) is 17.6 Å². The van der Waals surface area contributed by atoms with Gasteiger partial charge in [-0.2, -0.15) is 0 Å². The molecule has 2 fully saturated rings. The van der Waals surface area contributed by atoms with Crippen LogP contribution in [-0.4, -0.2) is 43.5 Å². The predicted octanol–water partition coefficient (Wildman–Crippen LogP) is 1.16. The highest BCUT2D eigenvalue weighted by molar-refractivity contribution is 5.99. The second kappa shape index (κ2) is 6.61. The number of pyridine rings is 2. The molecule has 10 heteroatoms. The van der Waals surface area contributed by atoms with E-state index >= 15 is 0 Å². The fraction of sp³-hybridized carbons (Fsp3) is 0.400. The van der Waals surface area contributed by atoms with E-state index in [9.17, 15) is 28.3 Å². The van der Waals surface area contributed by atoms with Crippen molar-refractivity contribution in [1.29, 1.82) is 0 Å². The molecule has 2 aliphatic heterocycles. The van der Waals surface area contributed by atoms with Crippen LogP contribution in [0.2, 0.25) is 0 Å². The van der Waals surface area contributed by atoms with E-state index in [0.29, 0.717) is 18.5 Å². The second-order valence-corrected chi connectivity index (χ2v) is 7.99. The van der Waals surface area contributed by atoms with Crippen LogP contribution < -0.4 is 10.7 Å². The smallest absolute Gasteiger partial charge is 0.275 e. The zero-order chi connectivity index (χ0) is 21.2. The van der Waals surface area contributed by atoms with Gasteiger partial charge in [0.25, 0.3) is 11.8 Å². The van der Waals surface area contributed by atoms with Crippen molar-refractivity contribution in [3.8, 4) is 5.75 Å². The van der Waals surface area contributed by atoms with Gasteiger partial charge < -0.3 is 19.9 Å². The second-order valence-electron chi connectivity index (χ2n) is 7.99. The van der Waals surface area contributed by atoms with E-state index in [1.165, 1.54) is 10.8 Å². The fourth-order valence-corrected chi connectivity index (χ4v) is 4.98. The molecule has 3 atom stereocenters. The zero-order valence-corrected chi connectivity index (χ0v) is 15.8. The molecule has 2 aromatic heterocycles. The van der Waals surface area contributed by atoms with E-state index in [0.717, 1.165) is 25.5 Å². The monoisotopic (exact) mass is 416 g/mol. The summed E-state index contributed by atoms with van der Waals surface area (Å²) in [6.45, 7) is 0.0243. The van der Waals surface area contributed by atoms with Gasteiger partial charge in [-0.15, -0.1) is 0 Å². The van der Waals surface area contributed by atoms with Crippen molar-refractivity contribution in [1.82, 2.24) is 19.8 Å². The van der Waals surface area contributed by atoms with E-state index in [4.69, 9.17) is 0 Å². The number of rotatable bonds is 3.